The molecule has 0 saturated heterocycles. The number of alkyl halides is 3. The second kappa shape index (κ2) is 8.24. The van der Waals surface area contributed by atoms with Crippen LogP contribution in [0.1, 0.15) is 25.5 Å². The fourth-order valence-corrected chi connectivity index (χ4v) is 2.21. The van der Waals surface area contributed by atoms with Gasteiger partial charge in [0.1, 0.15) is 5.75 Å². The first-order chi connectivity index (χ1) is 9.89. The topological polar surface area (TPSA) is 24.5 Å². The third-order valence-corrected chi connectivity index (χ3v) is 3.24. The van der Waals surface area contributed by atoms with Crippen LogP contribution in [0.25, 0.3) is 0 Å². The lowest BCUT2D eigenvalue weighted by atomic mass is 10.1. The zero-order valence-corrected chi connectivity index (χ0v) is 12.7. The van der Waals surface area contributed by atoms with E-state index in [1.807, 2.05) is 31.2 Å². The van der Waals surface area contributed by atoms with Gasteiger partial charge in [0.05, 0.1) is 13.7 Å². The van der Waals surface area contributed by atoms with Crippen LogP contribution in [0, 0.1) is 0 Å². The minimum absolute atomic E-state index is 0.160. The standard InChI is InChI=1S/C15H23F3N2O/c1-4-19-14(10-20(5-2)11-15(16,17)18)12-7-6-8-13(9-12)21-3/h6-9,14,19H,4-5,10-11H2,1-3H3. The summed E-state index contributed by atoms with van der Waals surface area (Å²) in [6.45, 7) is 4.12. The SMILES string of the molecule is CCNC(CN(CC)CC(F)(F)F)c1cccc(OC)c1. The van der Waals surface area contributed by atoms with Crippen LogP contribution < -0.4 is 10.1 Å². The molecular formula is C15H23F3N2O. The number of nitrogens with one attached hydrogen (secondary N) is 1. The summed E-state index contributed by atoms with van der Waals surface area (Å²) in [5.41, 5.74) is 0.928. The number of nitrogens with zero attached hydrogens (tertiary/aromatic N) is 1. The number of methoxy groups -OCH3 is 1. The van der Waals surface area contributed by atoms with E-state index in [0.29, 0.717) is 25.4 Å². The molecule has 0 bridgehead atoms. The van der Waals surface area contributed by atoms with Crippen molar-refractivity contribution in [1.29, 1.82) is 0 Å². The minimum atomic E-state index is -4.18. The van der Waals surface area contributed by atoms with Crippen LogP contribution in [0.15, 0.2) is 24.3 Å². The number of ether oxygens (including phenoxy) is 1. The van der Waals surface area contributed by atoms with Crippen molar-refractivity contribution >= 4 is 0 Å². The van der Waals surface area contributed by atoms with Crippen LogP contribution in [0.3, 0.4) is 0 Å². The van der Waals surface area contributed by atoms with Gasteiger partial charge in [-0.05, 0) is 30.8 Å². The van der Waals surface area contributed by atoms with Crippen LogP contribution in [0.5, 0.6) is 5.75 Å². The van der Waals surface area contributed by atoms with Gasteiger partial charge in [-0.15, -0.1) is 0 Å². The van der Waals surface area contributed by atoms with Gasteiger partial charge in [-0.3, -0.25) is 4.90 Å². The quantitative estimate of drug-likeness (QED) is 0.798. The second-order valence-corrected chi connectivity index (χ2v) is 4.83. The van der Waals surface area contributed by atoms with Crippen molar-refractivity contribution in [2.24, 2.45) is 0 Å². The molecule has 0 aliphatic heterocycles. The molecule has 3 nitrogen and oxygen atoms in total. The molecule has 0 spiro atoms. The summed E-state index contributed by atoms with van der Waals surface area (Å²) in [4.78, 5) is 1.40. The van der Waals surface area contributed by atoms with E-state index in [2.05, 4.69) is 5.32 Å². The molecule has 21 heavy (non-hydrogen) atoms. The molecule has 1 rings (SSSR count). The zero-order chi connectivity index (χ0) is 15.9. The fourth-order valence-electron chi connectivity index (χ4n) is 2.21. The molecule has 0 fully saturated rings. The van der Waals surface area contributed by atoms with Crippen molar-refractivity contribution in [1.82, 2.24) is 10.2 Å². The van der Waals surface area contributed by atoms with E-state index in [4.69, 9.17) is 4.74 Å². The molecule has 1 atom stereocenters. The van der Waals surface area contributed by atoms with Gasteiger partial charge >= 0.3 is 6.18 Å². The predicted molar refractivity (Wildman–Crippen MR) is 77.6 cm³/mol. The Balaban J connectivity index is 2.84. The number of hydrogen-bond donors (Lipinski definition) is 1. The summed E-state index contributed by atoms with van der Waals surface area (Å²) in [7, 11) is 1.57. The molecule has 6 heteroatoms. The highest BCUT2D eigenvalue weighted by atomic mass is 19.4. The number of benzene rings is 1. The van der Waals surface area contributed by atoms with Crippen molar-refractivity contribution in [2.45, 2.75) is 26.1 Å². The monoisotopic (exact) mass is 304 g/mol. The molecule has 0 amide bonds. The predicted octanol–water partition coefficient (Wildman–Crippen LogP) is 3.23. The highest BCUT2D eigenvalue weighted by Gasteiger charge is 2.31. The number of halogens is 3. The summed E-state index contributed by atoms with van der Waals surface area (Å²) < 4.78 is 42.9. The number of likely N-dealkylation sites (N-methyl/N-ethyl adjacent to an activating group) is 2. The number of rotatable bonds is 8. The van der Waals surface area contributed by atoms with Crippen LogP contribution in [-0.4, -0.2) is 44.4 Å². The van der Waals surface area contributed by atoms with Gasteiger partial charge in [0.2, 0.25) is 0 Å². The molecule has 1 unspecified atom stereocenters. The van der Waals surface area contributed by atoms with Crippen molar-refractivity contribution in [3.8, 4) is 5.75 Å². The molecule has 0 heterocycles. The first kappa shape index (κ1) is 17.8. The van der Waals surface area contributed by atoms with E-state index in [1.165, 1.54) is 4.90 Å². The Morgan fingerprint density at radius 3 is 2.52 bits per heavy atom. The Bertz CT molecular complexity index is 424. The van der Waals surface area contributed by atoms with Gasteiger partial charge < -0.3 is 10.1 Å². The van der Waals surface area contributed by atoms with Crippen LogP contribution in [0.4, 0.5) is 13.2 Å². The second-order valence-electron chi connectivity index (χ2n) is 4.83. The smallest absolute Gasteiger partial charge is 0.401 e. The Labute approximate surface area is 124 Å². The van der Waals surface area contributed by atoms with Crippen molar-refractivity contribution < 1.29 is 17.9 Å². The number of hydrogen-bond acceptors (Lipinski definition) is 3. The molecular weight excluding hydrogens is 281 g/mol. The summed E-state index contributed by atoms with van der Waals surface area (Å²) in [6, 6.07) is 7.26. The van der Waals surface area contributed by atoms with E-state index in [9.17, 15) is 13.2 Å². The molecule has 0 aromatic heterocycles. The van der Waals surface area contributed by atoms with E-state index < -0.39 is 12.7 Å². The Kier molecular flexibility index (Phi) is 6.98. The van der Waals surface area contributed by atoms with Gasteiger partial charge in [0.15, 0.2) is 0 Å². The average Bonchev–Trinajstić information content (AvgIpc) is 2.44. The summed E-state index contributed by atoms with van der Waals surface area (Å²) >= 11 is 0. The Hall–Kier alpha value is -1.27. The summed E-state index contributed by atoms with van der Waals surface area (Å²) in [5, 5.41) is 3.24. The maximum Gasteiger partial charge on any atom is 0.401 e. The van der Waals surface area contributed by atoms with Gasteiger partial charge in [0.25, 0.3) is 0 Å². The van der Waals surface area contributed by atoms with E-state index >= 15 is 0 Å². The maximum absolute atomic E-state index is 12.6. The van der Waals surface area contributed by atoms with Gasteiger partial charge in [-0.2, -0.15) is 13.2 Å². The molecule has 0 aliphatic rings. The normalized spacial score (nSPS) is 13.5. The lowest BCUT2D eigenvalue weighted by Crippen LogP contribution is -2.40. The average molecular weight is 304 g/mol. The molecule has 1 aromatic carbocycles. The molecule has 0 radical (unpaired) electrons. The highest BCUT2D eigenvalue weighted by Crippen LogP contribution is 2.22. The first-order valence-corrected chi connectivity index (χ1v) is 7.06. The van der Waals surface area contributed by atoms with Gasteiger partial charge in [-0.1, -0.05) is 26.0 Å². The largest absolute Gasteiger partial charge is 0.497 e. The van der Waals surface area contributed by atoms with Crippen molar-refractivity contribution in [3.05, 3.63) is 29.8 Å². The lowest BCUT2D eigenvalue weighted by Gasteiger charge is -2.28. The van der Waals surface area contributed by atoms with Crippen LogP contribution in [0.2, 0.25) is 0 Å². The molecule has 120 valence electrons. The van der Waals surface area contributed by atoms with Gasteiger partial charge in [0, 0.05) is 12.6 Å². The minimum Gasteiger partial charge on any atom is -0.497 e. The van der Waals surface area contributed by atoms with E-state index in [1.54, 1.807) is 14.0 Å². The Morgan fingerprint density at radius 2 is 2.00 bits per heavy atom. The maximum atomic E-state index is 12.6. The highest BCUT2D eigenvalue weighted by molar-refractivity contribution is 5.30. The van der Waals surface area contributed by atoms with Gasteiger partial charge in [-0.25, -0.2) is 0 Å². The fraction of sp³-hybridized carbons (Fsp3) is 0.600. The van der Waals surface area contributed by atoms with Crippen molar-refractivity contribution in [3.63, 3.8) is 0 Å². The van der Waals surface area contributed by atoms with E-state index in [0.717, 1.165) is 5.56 Å². The van der Waals surface area contributed by atoms with Crippen LogP contribution in [-0.2, 0) is 0 Å². The molecule has 0 saturated carbocycles. The zero-order valence-electron chi connectivity index (χ0n) is 12.7. The third-order valence-electron chi connectivity index (χ3n) is 3.24. The summed E-state index contributed by atoms with van der Waals surface area (Å²) in [5.74, 6) is 0.703. The molecule has 1 N–H and O–H groups in total. The first-order valence-electron chi connectivity index (χ1n) is 7.06. The van der Waals surface area contributed by atoms with E-state index in [-0.39, 0.29) is 6.04 Å². The molecule has 1 aromatic rings. The Morgan fingerprint density at radius 1 is 1.29 bits per heavy atom. The van der Waals surface area contributed by atoms with Crippen molar-refractivity contribution in [2.75, 3.05) is 33.3 Å². The summed E-state index contributed by atoms with van der Waals surface area (Å²) in [6.07, 6.45) is -4.18. The lowest BCUT2D eigenvalue weighted by molar-refractivity contribution is -0.146. The molecule has 0 aliphatic carbocycles. The van der Waals surface area contributed by atoms with Crippen LogP contribution >= 0.6 is 0 Å². The third kappa shape index (κ3) is 6.35.